The van der Waals surface area contributed by atoms with Crippen LogP contribution in [-0.2, 0) is 27.2 Å². The molecular formula is C20H34AuN4O-2. The normalized spacial score (nSPS) is 18.6. The number of piperidine rings is 2. The van der Waals surface area contributed by atoms with Gasteiger partial charge in [-0.1, -0.05) is 26.2 Å². The summed E-state index contributed by atoms with van der Waals surface area (Å²) >= 11 is 0. The molecule has 2 fully saturated rings. The molecule has 0 atom stereocenters. The summed E-state index contributed by atoms with van der Waals surface area (Å²) in [5, 5.41) is 0. The van der Waals surface area contributed by atoms with E-state index in [1.165, 1.54) is 38.8 Å². The molecule has 0 unspecified atom stereocenters. The van der Waals surface area contributed by atoms with E-state index in [-0.39, 0.29) is 22.4 Å². The number of hydrogen-bond donors (Lipinski definition) is 0. The molecule has 2 aliphatic heterocycles. The van der Waals surface area contributed by atoms with Crippen LogP contribution in [0.15, 0.2) is 12.4 Å². The van der Waals surface area contributed by atoms with Gasteiger partial charge >= 0.3 is 0 Å². The van der Waals surface area contributed by atoms with Crippen LogP contribution in [0.1, 0.15) is 58.9 Å². The molecule has 26 heavy (non-hydrogen) atoms. The first-order valence-corrected chi connectivity index (χ1v) is 9.50. The molecule has 1 spiro atoms. The largest absolute Gasteiger partial charge is 0.376 e. The second kappa shape index (κ2) is 13.4. The number of rotatable bonds is 2. The maximum atomic E-state index is 10.5. The molecule has 0 amide bonds. The zero-order valence-corrected chi connectivity index (χ0v) is 19.1. The third-order valence-corrected chi connectivity index (χ3v) is 4.91. The van der Waals surface area contributed by atoms with Crippen LogP contribution in [0.25, 0.3) is 0 Å². The minimum Gasteiger partial charge on any atom is -0.376 e. The van der Waals surface area contributed by atoms with E-state index in [2.05, 4.69) is 26.8 Å². The van der Waals surface area contributed by atoms with Gasteiger partial charge in [0.25, 0.3) is 0 Å². The van der Waals surface area contributed by atoms with Crippen molar-refractivity contribution < 1.29 is 27.2 Å². The Labute approximate surface area is 175 Å². The topological polar surface area (TPSA) is 49.3 Å². The van der Waals surface area contributed by atoms with Crippen molar-refractivity contribution in [3.63, 3.8) is 0 Å². The van der Waals surface area contributed by atoms with Crippen LogP contribution < -0.4 is 4.90 Å². The Balaban J connectivity index is 0.000000949. The zero-order valence-electron chi connectivity index (χ0n) is 16.9. The van der Waals surface area contributed by atoms with Crippen LogP contribution in [0.3, 0.4) is 0 Å². The van der Waals surface area contributed by atoms with E-state index in [0.29, 0.717) is 11.0 Å². The molecule has 2 saturated heterocycles. The molecule has 0 aliphatic carbocycles. The summed E-state index contributed by atoms with van der Waals surface area (Å²) in [5.41, 5.74) is 0.956. The molecule has 3 heterocycles. The molecule has 0 saturated carbocycles. The fraction of sp³-hybridized carbons (Fsp3) is 0.700. The summed E-state index contributed by atoms with van der Waals surface area (Å²) in [4.78, 5) is 23.7. The average molecular weight is 543 g/mol. The predicted molar refractivity (Wildman–Crippen MR) is 104 cm³/mol. The number of anilines is 1. The van der Waals surface area contributed by atoms with Crippen LogP contribution in [0, 0.1) is 11.8 Å². The third-order valence-electron chi connectivity index (χ3n) is 4.91. The Morgan fingerprint density at radius 3 is 1.85 bits per heavy atom. The van der Waals surface area contributed by atoms with E-state index in [0.717, 1.165) is 19.0 Å². The molecule has 0 aromatic carbocycles. The maximum absolute atomic E-state index is 10.5. The van der Waals surface area contributed by atoms with Gasteiger partial charge in [0.2, 0.25) is 0 Å². The summed E-state index contributed by atoms with van der Waals surface area (Å²) in [6.07, 6.45) is 12.0. The Kier molecular flexibility index (Phi) is 13.0. The molecular weight excluding hydrogens is 509 g/mol. The summed E-state index contributed by atoms with van der Waals surface area (Å²) in [5.74, 6) is 0.742. The van der Waals surface area contributed by atoms with Crippen molar-refractivity contribution in [2.45, 2.75) is 53.4 Å². The Hall–Kier alpha value is -0.750. The van der Waals surface area contributed by atoms with Crippen LogP contribution >= 0.6 is 0 Å². The van der Waals surface area contributed by atoms with Crippen LogP contribution in [0.5, 0.6) is 0 Å². The van der Waals surface area contributed by atoms with Crippen molar-refractivity contribution in [1.29, 1.82) is 0 Å². The minimum absolute atomic E-state index is 0. The van der Waals surface area contributed by atoms with Crippen molar-refractivity contribution in [3.05, 3.63) is 24.4 Å². The van der Waals surface area contributed by atoms with Crippen molar-refractivity contribution in [1.82, 2.24) is 14.9 Å². The van der Waals surface area contributed by atoms with E-state index in [4.69, 9.17) is 0 Å². The summed E-state index contributed by atoms with van der Waals surface area (Å²) in [7, 11) is 2.21. The first-order valence-electron chi connectivity index (χ1n) is 9.50. The third kappa shape index (κ3) is 7.47. The smallest absolute Gasteiger partial charge is 0.200 e. The Morgan fingerprint density at radius 1 is 1.00 bits per heavy atom. The van der Waals surface area contributed by atoms with Crippen molar-refractivity contribution >= 4 is 12.2 Å². The van der Waals surface area contributed by atoms with Gasteiger partial charge in [0.15, 0.2) is 5.95 Å². The Morgan fingerprint density at radius 2 is 1.42 bits per heavy atom. The van der Waals surface area contributed by atoms with Gasteiger partial charge in [-0.3, -0.25) is 9.97 Å². The predicted octanol–water partition coefficient (Wildman–Crippen LogP) is 3.50. The fourth-order valence-corrected chi connectivity index (χ4v) is 3.31. The SMILES string of the molecule is CC.CN1CCC2(CC1)CCN(c1ncc([C-]=O)cn1)CC2.C[CH-]C.[Au]. The van der Waals surface area contributed by atoms with Crippen LogP contribution in [-0.4, -0.2) is 54.4 Å². The number of nitrogens with zero attached hydrogens (tertiary/aromatic N) is 4. The molecule has 1 aromatic rings. The van der Waals surface area contributed by atoms with E-state index in [1.54, 1.807) is 12.4 Å². The van der Waals surface area contributed by atoms with E-state index >= 15 is 0 Å². The van der Waals surface area contributed by atoms with Gasteiger partial charge in [-0.2, -0.15) is 13.8 Å². The maximum Gasteiger partial charge on any atom is 0.200 e. The van der Waals surface area contributed by atoms with Crippen molar-refractivity contribution in [2.75, 3.05) is 38.1 Å². The molecule has 1 radical (unpaired) electrons. The van der Waals surface area contributed by atoms with E-state index in [1.807, 2.05) is 40.4 Å². The van der Waals surface area contributed by atoms with Crippen LogP contribution in [0.2, 0.25) is 0 Å². The first kappa shape index (κ1) is 25.3. The fourth-order valence-electron chi connectivity index (χ4n) is 3.31. The molecule has 5 nitrogen and oxygen atoms in total. The monoisotopic (exact) mass is 543 g/mol. The zero-order chi connectivity index (χ0) is 18.7. The number of likely N-dealkylation sites (tertiary alicyclic amines) is 1. The molecule has 6 heteroatoms. The number of carbonyl (C=O) groups excluding carboxylic acids is 1. The molecule has 153 valence electrons. The van der Waals surface area contributed by atoms with Gasteiger partial charge < -0.3 is 21.0 Å². The van der Waals surface area contributed by atoms with Crippen LogP contribution in [0.4, 0.5) is 5.95 Å². The molecule has 0 bridgehead atoms. The number of aromatic nitrogens is 2. The summed E-state index contributed by atoms with van der Waals surface area (Å²) in [6, 6.07) is 0. The van der Waals surface area contributed by atoms with Gasteiger partial charge in [0.1, 0.15) is 0 Å². The molecule has 1 aromatic heterocycles. The van der Waals surface area contributed by atoms with Crippen molar-refractivity contribution in [3.8, 4) is 0 Å². The first-order chi connectivity index (χ1) is 12.1. The summed E-state index contributed by atoms with van der Waals surface area (Å²) < 4.78 is 0. The van der Waals surface area contributed by atoms with Gasteiger partial charge in [-0.05, 0) is 51.2 Å². The second-order valence-corrected chi connectivity index (χ2v) is 6.74. The van der Waals surface area contributed by atoms with E-state index in [9.17, 15) is 4.79 Å². The van der Waals surface area contributed by atoms with Gasteiger partial charge in [-0.25, -0.2) is 0 Å². The molecule has 3 rings (SSSR count). The molecule has 2 aliphatic rings. The molecule has 0 N–H and O–H groups in total. The Bertz CT molecular complexity index is 477. The van der Waals surface area contributed by atoms with Gasteiger partial charge in [0.05, 0.1) is 6.29 Å². The van der Waals surface area contributed by atoms with E-state index < -0.39 is 0 Å². The van der Waals surface area contributed by atoms with Gasteiger partial charge in [-0.15, -0.1) is 5.56 Å². The van der Waals surface area contributed by atoms with Crippen molar-refractivity contribution in [2.24, 2.45) is 5.41 Å². The number of hydrogen-bond acceptors (Lipinski definition) is 5. The summed E-state index contributed by atoms with van der Waals surface area (Å²) in [6.45, 7) is 12.5. The second-order valence-electron chi connectivity index (χ2n) is 6.74. The average Bonchev–Trinajstić information content (AvgIpc) is 2.67. The standard InChI is InChI=1S/C15H21N4O.C3H7.C2H6.Au/c1-18-6-2-15(3-7-18)4-8-19(9-5-15)14-16-10-13(12-20)11-17-14;1-3-2;1-2;/h10-11H,2-9H2,1H3;3H,1-2H3;1-2H3;/q2*-1;;. The minimum atomic E-state index is 0. The quantitative estimate of drug-likeness (QED) is 0.423. The van der Waals surface area contributed by atoms with Gasteiger partial charge in [0, 0.05) is 35.5 Å².